The summed E-state index contributed by atoms with van der Waals surface area (Å²) < 4.78 is 91.2. The predicted molar refractivity (Wildman–Crippen MR) is 121 cm³/mol. The van der Waals surface area contributed by atoms with Crippen LogP contribution in [0.1, 0.15) is 55.9 Å². The smallest absolute Gasteiger partial charge is 0.447 e. The zero-order valence-corrected chi connectivity index (χ0v) is 21.4. The van der Waals surface area contributed by atoms with E-state index in [9.17, 15) is 31.5 Å². The lowest BCUT2D eigenvalue weighted by Gasteiger charge is -2.38. The number of hydrogen-bond donors (Lipinski definition) is 1. The third kappa shape index (κ3) is 7.61. The van der Waals surface area contributed by atoms with E-state index < -0.39 is 61.6 Å². The van der Waals surface area contributed by atoms with E-state index >= 15 is 0 Å². The van der Waals surface area contributed by atoms with Crippen LogP contribution in [0.4, 0.5) is 26.7 Å². The standard InChI is InChI=1S/C23H25F5N4O8/c1-21(2,3)40-20(34)32-11-13(29-17(33)12-4-7-15-16(10-12)39-23(27,28)38-15)5-6-14(32)18-30-31-19(37-18)35-8-9-36-22(24,25)26/h4,7,10,13-14H,5-6,8-9,11H2,1-3H3,(H,29,33)/t13-,14+/m0/s1. The Morgan fingerprint density at radius 2 is 1.82 bits per heavy atom. The summed E-state index contributed by atoms with van der Waals surface area (Å²) in [7, 11) is 0. The lowest BCUT2D eigenvalue weighted by atomic mass is 9.98. The van der Waals surface area contributed by atoms with Crippen molar-refractivity contribution in [3.05, 3.63) is 29.7 Å². The molecule has 1 fully saturated rings. The van der Waals surface area contributed by atoms with E-state index in [1.54, 1.807) is 20.8 Å². The van der Waals surface area contributed by atoms with Gasteiger partial charge in [-0.05, 0) is 51.8 Å². The fraction of sp³-hybridized carbons (Fsp3) is 0.565. The van der Waals surface area contributed by atoms with Gasteiger partial charge >= 0.3 is 24.8 Å². The molecule has 0 aliphatic carbocycles. The highest BCUT2D eigenvalue weighted by molar-refractivity contribution is 5.95. The van der Waals surface area contributed by atoms with Gasteiger partial charge in [-0.3, -0.25) is 14.4 Å². The van der Waals surface area contributed by atoms with Gasteiger partial charge in [0.1, 0.15) is 18.2 Å². The van der Waals surface area contributed by atoms with Crippen molar-refractivity contribution in [2.75, 3.05) is 19.8 Å². The number of rotatable bonds is 7. The number of aromatic nitrogens is 2. The number of carbonyl (C=O) groups is 2. The fourth-order valence-corrected chi connectivity index (χ4v) is 3.93. The lowest BCUT2D eigenvalue weighted by molar-refractivity contribution is -0.325. The number of nitrogens with zero attached hydrogens (tertiary/aromatic N) is 3. The summed E-state index contributed by atoms with van der Waals surface area (Å²) in [5.41, 5.74) is -0.840. The molecule has 1 saturated heterocycles. The van der Waals surface area contributed by atoms with Crippen LogP contribution in [0.25, 0.3) is 0 Å². The highest BCUT2D eigenvalue weighted by atomic mass is 19.4. The summed E-state index contributed by atoms with van der Waals surface area (Å²) in [6.07, 6.45) is -9.27. The summed E-state index contributed by atoms with van der Waals surface area (Å²) in [6, 6.07) is 2.20. The number of alkyl halides is 5. The Hall–Kier alpha value is -3.89. The van der Waals surface area contributed by atoms with Crippen LogP contribution in [-0.2, 0) is 9.47 Å². The molecule has 1 N–H and O–H groups in total. The molecule has 0 spiro atoms. The van der Waals surface area contributed by atoms with Gasteiger partial charge in [-0.15, -0.1) is 27.1 Å². The molecule has 12 nitrogen and oxygen atoms in total. The molecule has 3 heterocycles. The lowest BCUT2D eigenvalue weighted by Crippen LogP contribution is -2.52. The number of hydrogen-bond acceptors (Lipinski definition) is 10. The number of amides is 2. The van der Waals surface area contributed by atoms with Crippen LogP contribution < -0.4 is 19.5 Å². The maximum atomic E-state index is 13.3. The number of benzene rings is 1. The zero-order valence-electron chi connectivity index (χ0n) is 21.4. The van der Waals surface area contributed by atoms with Crippen molar-refractivity contribution in [2.45, 2.75) is 64.0 Å². The second-order valence-corrected chi connectivity index (χ2v) is 9.77. The third-order valence-corrected chi connectivity index (χ3v) is 5.49. The van der Waals surface area contributed by atoms with Gasteiger partial charge in [0.05, 0.1) is 6.61 Å². The van der Waals surface area contributed by atoms with Crippen LogP contribution in [0.2, 0.25) is 0 Å². The molecule has 1 aromatic carbocycles. The molecule has 2 aromatic rings. The van der Waals surface area contributed by atoms with E-state index in [-0.39, 0.29) is 35.9 Å². The summed E-state index contributed by atoms with van der Waals surface area (Å²) >= 11 is 0. The van der Waals surface area contributed by atoms with Crippen molar-refractivity contribution in [3.63, 3.8) is 0 Å². The Bertz CT molecular complexity index is 1230. The van der Waals surface area contributed by atoms with Gasteiger partial charge in [0.25, 0.3) is 5.91 Å². The van der Waals surface area contributed by atoms with Crippen LogP contribution in [0.15, 0.2) is 22.6 Å². The Morgan fingerprint density at radius 1 is 1.10 bits per heavy atom. The first-order valence-corrected chi connectivity index (χ1v) is 12.0. The minimum Gasteiger partial charge on any atom is -0.447 e. The first-order valence-electron chi connectivity index (χ1n) is 12.0. The van der Waals surface area contributed by atoms with E-state index in [2.05, 4.69) is 29.7 Å². The van der Waals surface area contributed by atoms with Gasteiger partial charge in [0.15, 0.2) is 11.5 Å². The molecule has 2 aliphatic rings. The van der Waals surface area contributed by atoms with E-state index in [1.807, 2.05) is 0 Å². The van der Waals surface area contributed by atoms with E-state index in [4.69, 9.17) is 13.9 Å². The molecule has 2 aliphatic heterocycles. The van der Waals surface area contributed by atoms with Gasteiger partial charge in [-0.1, -0.05) is 5.10 Å². The van der Waals surface area contributed by atoms with Gasteiger partial charge in [0, 0.05) is 18.2 Å². The number of nitrogens with one attached hydrogen (secondary N) is 1. The van der Waals surface area contributed by atoms with E-state index in [1.165, 1.54) is 17.0 Å². The van der Waals surface area contributed by atoms with Crippen molar-refractivity contribution in [3.8, 4) is 17.6 Å². The van der Waals surface area contributed by atoms with E-state index in [0.29, 0.717) is 6.42 Å². The van der Waals surface area contributed by atoms with E-state index in [0.717, 1.165) is 6.07 Å². The molecule has 40 heavy (non-hydrogen) atoms. The number of fused-ring (bicyclic) bond motifs is 1. The largest absolute Gasteiger partial charge is 0.586 e. The molecule has 1 aromatic heterocycles. The fourth-order valence-electron chi connectivity index (χ4n) is 3.93. The van der Waals surface area contributed by atoms with Crippen LogP contribution in [0.3, 0.4) is 0 Å². The average Bonchev–Trinajstić information content (AvgIpc) is 3.42. The quantitative estimate of drug-likeness (QED) is 0.376. The second kappa shape index (κ2) is 10.9. The average molecular weight is 580 g/mol. The SMILES string of the molecule is CC(C)(C)OC(=O)N1C[C@@H](NC(=O)c2ccc3c(c2)OC(F)(F)O3)CC[C@@H]1c1nnc(OCCOC(F)(F)F)o1. The molecule has 0 unspecified atom stereocenters. The van der Waals surface area contributed by atoms with Crippen molar-refractivity contribution in [1.82, 2.24) is 20.4 Å². The molecule has 0 saturated carbocycles. The van der Waals surface area contributed by atoms with Crippen LogP contribution in [0, 0.1) is 0 Å². The second-order valence-electron chi connectivity index (χ2n) is 9.77. The molecular weight excluding hydrogens is 555 g/mol. The topological polar surface area (TPSA) is 134 Å². The maximum absolute atomic E-state index is 13.3. The Morgan fingerprint density at radius 3 is 2.52 bits per heavy atom. The monoisotopic (exact) mass is 580 g/mol. The summed E-state index contributed by atoms with van der Waals surface area (Å²) in [5.74, 6) is -1.17. The predicted octanol–water partition coefficient (Wildman–Crippen LogP) is 4.18. The summed E-state index contributed by atoms with van der Waals surface area (Å²) in [4.78, 5) is 27.2. The number of ether oxygens (including phenoxy) is 5. The number of likely N-dealkylation sites (tertiary alicyclic amines) is 1. The van der Waals surface area contributed by atoms with Crippen LogP contribution in [0.5, 0.6) is 17.6 Å². The number of carbonyl (C=O) groups excluding carboxylic acids is 2. The molecule has 2 atom stereocenters. The Labute approximate surface area is 223 Å². The molecule has 4 rings (SSSR count). The Kier molecular flexibility index (Phi) is 7.96. The maximum Gasteiger partial charge on any atom is 0.586 e. The van der Waals surface area contributed by atoms with Crippen molar-refractivity contribution in [2.24, 2.45) is 0 Å². The molecular formula is C23H25F5N4O8. The number of halogens is 5. The minimum absolute atomic E-state index is 0.0270. The third-order valence-electron chi connectivity index (χ3n) is 5.49. The first kappa shape index (κ1) is 29.1. The van der Waals surface area contributed by atoms with Crippen molar-refractivity contribution >= 4 is 12.0 Å². The van der Waals surface area contributed by atoms with Gasteiger partial charge in [0.2, 0.25) is 5.89 Å². The Balaban J connectivity index is 1.42. The van der Waals surface area contributed by atoms with Crippen molar-refractivity contribution < 1.29 is 59.6 Å². The van der Waals surface area contributed by atoms with Crippen LogP contribution in [-0.4, -0.2) is 71.2 Å². The van der Waals surface area contributed by atoms with Gasteiger partial charge in [-0.2, -0.15) is 0 Å². The molecule has 0 radical (unpaired) electrons. The molecule has 17 heteroatoms. The summed E-state index contributed by atoms with van der Waals surface area (Å²) in [5, 5.41) is 10.2. The van der Waals surface area contributed by atoms with Gasteiger partial charge in [-0.25, -0.2) is 4.79 Å². The van der Waals surface area contributed by atoms with Crippen molar-refractivity contribution in [1.29, 1.82) is 0 Å². The number of piperidine rings is 1. The summed E-state index contributed by atoms with van der Waals surface area (Å²) in [6.45, 7) is 3.61. The molecule has 220 valence electrons. The first-order chi connectivity index (χ1) is 18.6. The van der Waals surface area contributed by atoms with Gasteiger partial charge < -0.3 is 28.7 Å². The normalized spacial score (nSPS) is 20.2. The highest BCUT2D eigenvalue weighted by Gasteiger charge is 2.44. The zero-order chi connectivity index (χ0) is 29.3. The highest BCUT2D eigenvalue weighted by Crippen LogP contribution is 2.41. The molecule has 0 bridgehead atoms. The van der Waals surface area contributed by atoms with Crippen LogP contribution >= 0.6 is 0 Å². The minimum atomic E-state index is -4.82. The molecule has 2 amide bonds.